The van der Waals surface area contributed by atoms with Crippen molar-refractivity contribution >= 4 is 11.3 Å². The Morgan fingerprint density at radius 2 is 1.87 bits per heavy atom. The van der Waals surface area contributed by atoms with Crippen LogP contribution in [-0.4, -0.2) is 18.5 Å². The molecule has 0 saturated carbocycles. The first-order valence-electron chi connectivity index (χ1n) is 6.67. The molecule has 0 aliphatic carbocycles. The van der Waals surface area contributed by atoms with Gasteiger partial charge in [-0.05, 0) is 19.4 Å². The van der Waals surface area contributed by atoms with Gasteiger partial charge in [0.15, 0.2) is 5.76 Å². The average molecular weight is 335 g/mol. The van der Waals surface area contributed by atoms with Gasteiger partial charge in [0.05, 0.1) is 0 Å². The molecule has 3 rings (SSSR count). The van der Waals surface area contributed by atoms with Gasteiger partial charge in [0, 0.05) is 12.5 Å². The zero-order valence-electron chi connectivity index (χ0n) is 12.6. The van der Waals surface area contributed by atoms with Crippen LogP contribution in [0.2, 0.25) is 0 Å². The molecule has 23 heavy (non-hydrogen) atoms. The maximum absolute atomic E-state index is 12.5. The van der Waals surface area contributed by atoms with Crippen LogP contribution in [-0.2, 0) is 11.3 Å². The molecule has 2 heterocycles. The van der Waals surface area contributed by atoms with Crippen molar-refractivity contribution in [3.63, 3.8) is 0 Å². The number of nitrogens with zero attached hydrogens (tertiary/aromatic N) is 3. The molecule has 8 nitrogen and oxygen atoms in total. The standard InChI is InChI=1S/C14H13N3O5S/c1-8-6-4-5-7-11(8)13-16-21-14(18)17(13)23(19)22-12-9(2)15-20-10(12)3/h4-7H,1-3H3. The van der Waals surface area contributed by atoms with Gasteiger partial charge >= 0.3 is 17.0 Å². The van der Waals surface area contributed by atoms with E-state index >= 15 is 0 Å². The van der Waals surface area contributed by atoms with Crippen molar-refractivity contribution < 1.29 is 17.4 Å². The maximum atomic E-state index is 12.5. The first-order valence-corrected chi connectivity index (χ1v) is 7.70. The molecule has 120 valence electrons. The smallest absolute Gasteiger partial charge is 0.379 e. The zero-order chi connectivity index (χ0) is 16.6. The molecular formula is C14H13N3O5S. The van der Waals surface area contributed by atoms with Gasteiger partial charge in [-0.15, -0.1) is 3.97 Å². The highest BCUT2D eigenvalue weighted by molar-refractivity contribution is 7.79. The highest BCUT2D eigenvalue weighted by Gasteiger charge is 2.23. The zero-order valence-corrected chi connectivity index (χ0v) is 13.4. The number of hydrogen-bond acceptors (Lipinski definition) is 7. The van der Waals surface area contributed by atoms with E-state index in [9.17, 15) is 9.00 Å². The third kappa shape index (κ3) is 2.70. The molecule has 0 amide bonds. The van der Waals surface area contributed by atoms with Gasteiger partial charge in [0.1, 0.15) is 5.69 Å². The molecule has 9 heteroatoms. The fraction of sp³-hybridized carbons (Fsp3) is 0.214. The van der Waals surface area contributed by atoms with Gasteiger partial charge in [-0.3, -0.25) is 4.52 Å². The Kier molecular flexibility index (Phi) is 3.87. The molecule has 0 saturated heterocycles. The fourth-order valence-electron chi connectivity index (χ4n) is 2.06. The summed E-state index contributed by atoms with van der Waals surface area (Å²) in [5.41, 5.74) is 1.90. The molecule has 2 aromatic heterocycles. The molecule has 1 unspecified atom stereocenters. The summed E-state index contributed by atoms with van der Waals surface area (Å²) in [7, 11) is 0. The number of aryl methyl sites for hydroxylation is 3. The van der Waals surface area contributed by atoms with Crippen molar-refractivity contribution in [2.75, 3.05) is 0 Å². The van der Waals surface area contributed by atoms with Gasteiger partial charge in [0.2, 0.25) is 11.6 Å². The van der Waals surface area contributed by atoms with Crippen molar-refractivity contribution in [2.24, 2.45) is 0 Å². The molecule has 0 bridgehead atoms. The second kappa shape index (κ2) is 5.84. The fourth-order valence-corrected chi connectivity index (χ4v) is 2.94. The lowest BCUT2D eigenvalue weighted by Crippen LogP contribution is -2.23. The van der Waals surface area contributed by atoms with Crippen LogP contribution in [0, 0.1) is 20.8 Å². The van der Waals surface area contributed by atoms with E-state index in [1.807, 2.05) is 19.1 Å². The first kappa shape index (κ1) is 15.2. The summed E-state index contributed by atoms with van der Waals surface area (Å²) in [6, 6.07) is 7.22. The predicted molar refractivity (Wildman–Crippen MR) is 81.1 cm³/mol. The highest BCUT2D eigenvalue weighted by Crippen LogP contribution is 2.25. The molecule has 3 aromatic rings. The minimum absolute atomic E-state index is 0.123. The summed E-state index contributed by atoms with van der Waals surface area (Å²) >= 11 is -2.19. The van der Waals surface area contributed by atoms with Crippen molar-refractivity contribution in [1.29, 1.82) is 0 Å². The number of rotatable bonds is 4. The van der Waals surface area contributed by atoms with E-state index in [1.54, 1.807) is 26.0 Å². The third-order valence-corrected chi connectivity index (χ3v) is 4.16. The normalized spacial score (nSPS) is 12.3. The van der Waals surface area contributed by atoms with Crippen molar-refractivity contribution in [1.82, 2.24) is 14.3 Å². The van der Waals surface area contributed by atoms with Crippen LogP contribution >= 0.6 is 0 Å². The second-order valence-corrected chi connectivity index (χ2v) is 5.80. The minimum atomic E-state index is -2.19. The topological polar surface area (TPSA) is 100 Å². The van der Waals surface area contributed by atoms with E-state index in [0.717, 1.165) is 9.54 Å². The molecule has 1 aromatic carbocycles. The molecule has 0 radical (unpaired) electrons. The van der Waals surface area contributed by atoms with Crippen LogP contribution in [0.15, 0.2) is 38.1 Å². The third-order valence-electron chi connectivity index (χ3n) is 3.23. The van der Waals surface area contributed by atoms with Gasteiger partial charge in [0.25, 0.3) is 0 Å². The maximum Gasteiger partial charge on any atom is 0.456 e. The summed E-state index contributed by atoms with van der Waals surface area (Å²) < 4.78 is 28.2. The van der Waals surface area contributed by atoms with E-state index < -0.39 is 17.0 Å². The Hall–Kier alpha value is -2.68. The van der Waals surface area contributed by atoms with Gasteiger partial charge < -0.3 is 8.71 Å². The summed E-state index contributed by atoms with van der Waals surface area (Å²) in [6.45, 7) is 5.10. The van der Waals surface area contributed by atoms with Crippen LogP contribution in [0.25, 0.3) is 11.4 Å². The number of benzene rings is 1. The lowest BCUT2D eigenvalue weighted by atomic mass is 10.1. The summed E-state index contributed by atoms with van der Waals surface area (Å²) in [5, 5.41) is 7.41. The molecule has 0 N–H and O–H groups in total. The Labute approximate surface area is 133 Å². The van der Waals surface area contributed by atoms with E-state index in [0.29, 0.717) is 17.0 Å². The van der Waals surface area contributed by atoms with E-state index in [4.69, 9.17) is 8.71 Å². The van der Waals surface area contributed by atoms with Gasteiger partial charge in [-0.25, -0.2) is 4.79 Å². The van der Waals surface area contributed by atoms with Crippen molar-refractivity contribution in [3.05, 3.63) is 51.8 Å². The Morgan fingerprint density at radius 1 is 1.13 bits per heavy atom. The van der Waals surface area contributed by atoms with Gasteiger partial charge in [-0.2, -0.15) is 4.21 Å². The Morgan fingerprint density at radius 3 is 2.52 bits per heavy atom. The SMILES string of the molecule is Cc1ccccc1-c1noc(=O)n1S(=O)Oc1c(C)noc1C. The molecule has 0 fully saturated rings. The lowest BCUT2D eigenvalue weighted by Gasteiger charge is -2.06. The number of aromatic nitrogens is 3. The van der Waals surface area contributed by atoms with Crippen LogP contribution in [0.4, 0.5) is 0 Å². The minimum Gasteiger partial charge on any atom is -0.379 e. The van der Waals surface area contributed by atoms with Crippen LogP contribution < -0.4 is 9.94 Å². The second-order valence-electron chi connectivity index (χ2n) is 4.84. The highest BCUT2D eigenvalue weighted by atomic mass is 32.2. The van der Waals surface area contributed by atoms with E-state index in [2.05, 4.69) is 14.8 Å². The Bertz CT molecular complexity index is 921. The quantitative estimate of drug-likeness (QED) is 0.718. The first-order chi connectivity index (χ1) is 11.0. The Balaban J connectivity index is 2.04. The van der Waals surface area contributed by atoms with E-state index in [-0.39, 0.29) is 11.6 Å². The monoisotopic (exact) mass is 335 g/mol. The molecule has 0 spiro atoms. The largest absolute Gasteiger partial charge is 0.456 e. The molecule has 1 atom stereocenters. The molecular weight excluding hydrogens is 322 g/mol. The van der Waals surface area contributed by atoms with Gasteiger partial charge in [-0.1, -0.05) is 34.6 Å². The summed E-state index contributed by atoms with van der Waals surface area (Å²) in [4.78, 5) is 11.9. The summed E-state index contributed by atoms with van der Waals surface area (Å²) in [6.07, 6.45) is 0. The van der Waals surface area contributed by atoms with E-state index in [1.165, 1.54) is 0 Å². The molecule has 0 aliphatic rings. The van der Waals surface area contributed by atoms with Crippen molar-refractivity contribution in [2.45, 2.75) is 20.8 Å². The predicted octanol–water partition coefficient (Wildman–Crippen LogP) is 1.92. The van der Waals surface area contributed by atoms with Crippen LogP contribution in [0.1, 0.15) is 17.0 Å². The van der Waals surface area contributed by atoms with Crippen LogP contribution in [0.3, 0.4) is 0 Å². The molecule has 0 aliphatic heterocycles. The summed E-state index contributed by atoms with van der Waals surface area (Å²) in [5.74, 6) is -0.184. The van der Waals surface area contributed by atoms with Crippen molar-refractivity contribution in [3.8, 4) is 17.1 Å². The van der Waals surface area contributed by atoms with Crippen LogP contribution in [0.5, 0.6) is 5.75 Å². The number of hydrogen-bond donors (Lipinski definition) is 0. The lowest BCUT2D eigenvalue weighted by molar-refractivity contribution is 0.383. The average Bonchev–Trinajstić information content (AvgIpc) is 3.05.